The molecule has 9 nitrogen and oxygen atoms in total. The first-order chi connectivity index (χ1) is 39.6. The molecular formula is C72H132NO8+. The Bertz CT molecular complexity index is 1510. The molecular weight excluding hydrogens is 1010 g/mol. The number of quaternary nitrogens is 1. The van der Waals surface area contributed by atoms with E-state index in [0.717, 1.165) is 70.6 Å². The van der Waals surface area contributed by atoms with Crippen molar-refractivity contribution in [2.24, 2.45) is 0 Å². The van der Waals surface area contributed by atoms with Gasteiger partial charge in [-0.05, 0) is 57.8 Å². The van der Waals surface area contributed by atoms with Gasteiger partial charge < -0.3 is 28.5 Å². The van der Waals surface area contributed by atoms with E-state index in [9.17, 15) is 19.5 Å². The number of carboxylic acids is 1. The second kappa shape index (κ2) is 63.0. The lowest BCUT2D eigenvalue weighted by atomic mass is 10.0. The number of unbranched alkanes of at least 4 members (excludes halogenated alkanes) is 39. The third kappa shape index (κ3) is 64.4. The fraction of sp³-hybridized carbons (Fsp3) is 0.819. The maximum Gasteiger partial charge on any atom is 0.361 e. The zero-order valence-electron chi connectivity index (χ0n) is 53.9. The van der Waals surface area contributed by atoms with E-state index in [-0.39, 0.29) is 38.2 Å². The minimum absolute atomic E-state index is 0.176. The van der Waals surface area contributed by atoms with Gasteiger partial charge in [-0.3, -0.25) is 9.59 Å². The molecule has 0 radical (unpaired) electrons. The molecule has 0 aliphatic rings. The molecule has 2 unspecified atom stereocenters. The lowest BCUT2D eigenvalue weighted by Crippen LogP contribution is -2.40. The number of hydrogen-bond donors (Lipinski definition) is 1. The van der Waals surface area contributed by atoms with E-state index in [1.54, 1.807) is 0 Å². The Kier molecular flexibility index (Phi) is 60.7. The Balaban J connectivity index is 3.92. The van der Waals surface area contributed by atoms with Gasteiger partial charge in [-0.25, -0.2) is 4.79 Å². The molecule has 0 saturated carbocycles. The summed E-state index contributed by atoms with van der Waals surface area (Å²) in [7, 11) is 5.98. The standard InChI is InChI=1S/C72H131NO8/c1-6-8-10-12-14-16-18-20-22-23-24-25-26-27-28-29-30-31-32-33-34-35-36-37-38-39-40-41-42-43-44-45-46-47-49-51-53-55-57-59-61-63-70(75)81-68(67-80-72(71(76)77)78-65-64-73(3,4)5)66-79-69(74)62-60-58-56-54-52-50-48-21-19-17-15-13-11-9-7-2/h8,10,14,16,20,22,24-25,27-28,68,72H,6-7,9,11-13,15,17-19,21,23,26,29-67H2,1-5H3/p+1/b10-8-,16-14-,22-20-,25-24-,28-27-. The lowest BCUT2D eigenvalue weighted by molar-refractivity contribution is -0.870. The molecule has 0 heterocycles. The normalized spacial score (nSPS) is 13.0. The van der Waals surface area contributed by atoms with Crippen LogP contribution in [-0.4, -0.2) is 87.4 Å². The highest BCUT2D eigenvalue weighted by molar-refractivity contribution is 5.71. The molecule has 472 valence electrons. The van der Waals surface area contributed by atoms with Crippen LogP contribution in [0.3, 0.4) is 0 Å². The molecule has 0 saturated heterocycles. The van der Waals surface area contributed by atoms with Crippen LogP contribution in [0.25, 0.3) is 0 Å². The number of esters is 2. The van der Waals surface area contributed by atoms with Crippen LogP contribution in [0.5, 0.6) is 0 Å². The average Bonchev–Trinajstić information content (AvgIpc) is 3.44. The van der Waals surface area contributed by atoms with Crippen molar-refractivity contribution in [3.05, 3.63) is 60.8 Å². The first kappa shape index (κ1) is 78.0. The van der Waals surface area contributed by atoms with Gasteiger partial charge in [-0.2, -0.15) is 0 Å². The number of carboxylic acid groups (broad SMARTS) is 1. The molecule has 0 aromatic rings. The summed E-state index contributed by atoms with van der Waals surface area (Å²) in [5.41, 5.74) is 0. The summed E-state index contributed by atoms with van der Waals surface area (Å²) < 4.78 is 22.9. The van der Waals surface area contributed by atoms with E-state index < -0.39 is 18.4 Å². The van der Waals surface area contributed by atoms with Gasteiger partial charge in [0.2, 0.25) is 0 Å². The zero-order chi connectivity index (χ0) is 59.1. The molecule has 0 spiro atoms. The summed E-state index contributed by atoms with van der Waals surface area (Å²) in [6.07, 6.45) is 79.2. The van der Waals surface area contributed by atoms with Gasteiger partial charge in [0.15, 0.2) is 6.10 Å². The van der Waals surface area contributed by atoms with Gasteiger partial charge in [0.05, 0.1) is 34.4 Å². The van der Waals surface area contributed by atoms with Crippen LogP contribution in [0, 0.1) is 0 Å². The molecule has 0 aromatic heterocycles. The second-order valence-corrected chi connectivity index (χ2v) is 24.5. The van der Waals surface area contributed by atoms with Crippen molar-refractivity contribution in [3.8, 4) is 0 Å². The summed E-state index contributed by atoms with van der Waals surface area (Å²) in [5, 5.41) is 9.72. The Labute approximate surface area is 501 Å². The van der Waals surface area contributed by atoms with E-state index in [0.29, 0.717) is 17.4 Å². The molecule has 0 aromatic carbocycles. The highest BCUT2D eigenvalue weighted by Crippen LogP contribution is 2.18. The zero-order valence-corrected chi connectivity index (χ0v) is 53.9. The van der Waals surface area contributed by atoms with Crippen LogP contribution >= 0.6 is 0 Å². The average molecular weight is 1140 g/mol. The fourth-order valence-electron chi connectivity index (χ4n) is 10.0. The number of ether oxygens (including phenoxy) is 4. The van der Waals surface area contributed by atoms with Gasteiger partial charge in [0.1, 0.15) is 13.2 Å². The predicted molar refractivity (Wildman–Crippen MR) is 346 cm³/mol. The number of allylic oxidation sites excluding steroid dienone is 10. The highest BCUT2D eigenvalue weighted by atomic mass is 16.7. The van der Waals surface area contributed by atoms with E-state index in [2.05, 4.69) is 74.6 Å². The number of aliphatic carboxylic acids is 1. The predicted octanol–water partition coefficient (Wildman–Crippen LogP) is 21.1. The van der Waals surface area contributed by atoms with Gasteiger partial charge in [-0.15, -0.1) is 0 Å². The van der Waals surface area contributed by atoms with Gasteiger partial charge in [-0.1, -0.05) is 312 Å². The number of rotatable bonds is 64. The minimum atomic E-state index is -1.51. The molecule has 1 N–H and O–H groups in total. The Morgan fingerprint density at radius 2 is 0.704 bits per heavy atom. The molecule has 0 bridgehead atoms. The van der Waals surface area contributed by atoms with Gasteiger partial charge in [0.25, 0.3) is 6.29 Å². The summed E-state index contributed by atoms with van der Waals surface area (Å²) in [5.74, 6) is -1.98. The quantitative estimate of drug-likeness (QED) is 0.0211. The minimum Gasteiger partial charge on any atom is -0.477 e. The summed E-state index contributed by atoms with van der Waals surface area (Å²) in [6.45, 7) is 4.81. The molecule has 2 atom stereocenters. The smallest absolute Gasteiger partial charge is 0.361 e. The van der Waals surface area contributed by atoms with E-state index >= 15 is 0 Å². The number of carbonyl (C=O) groups is 3. The van der Waals surface area contributed by atoms with Crippen molar-refractivity contribution in [1.29, 1.82) is 0 Å². The molecule has 0 aliphatic carbocycles. The molecule has 9 heteroatoms. The van der Waals surface area contributed by atoms with Crippen molar-refractivity contribution in [2.75, 3.05) is 47.5 Å². The second-order valence-electron chi connectivity index (χ2n) is 24.5. The van der Waals surface area contributed by atoms with Crippen molar-refractivity contribution in [1.82, 2.24) is 0 Å². The number of nitrogens with zero attached hydrogens (tertiary/aromatic N) is 1. The van der Waals surface area contributed by atoms with Gasteiger partial charge >= 0.3 is 17.9 Å². The van der Waals surface area contributed by atoms with Crippen LogP contribution in [0.2, 0.25) is 0 Å². The van der Waals surface area contributed by atoms with Crippen molar-refractivity contribution in [2.45, 2.75) is 334 Å². The molecule has 0 aliphatic heterocycles. The number of likely N-dealkylation sites (N-methyl/N-ethyl adjacent to an activating group) is 1. The van der Waals surface area contributed by atoms with Crippen LogP contribution in [-0.2, 0) is 33.3 Å². The molecule has 0 rings (SSSR count). The summed E-state index contributed by atoms with van der Waals surface area (Å²) in [6, 6.07) is 0. The van der Waals surface area contributed by atoms with E-state index in [4.69, 9.17) is 18.9 Å². The van der Waals surface area contributed by atoms with Crippen molar-refractivity contribution >= 4 is 17.9 Å². The maximum absolute atomic E-state index is 12.9. The summed E-state index contributed by atoms with van der Waals surface area (Å²) >= 11 is 0. The van der Waals surface area contributed by atoms with Crippen molar-refractivity contribution in [3.63, 3.8) is 0 Å². The van der Waals surface area contributed by atoms with Crippen LogP contribution in [0.1, 0.15) is 322 Å². The van der Waals surface area contributed by atoms with Crippen LogP contribution in [0.15, 0.2) is 60.8 Å². The third-order valence-corrected chi connectivity index (χ3v) is 15.3. The molecule has 0 amide bonds. The van der Waals surface area contributed by atoms with Gasteiger partial charge in [0, 0.05) is 12.8 Å². The highest BCUT2D eigenvalue weighted by Gasteiger charge is 2.25. The maximum atomic E-state index is 12.9. The Hall–Kier alpha value is -3.01. The monoisotopic (exact) mass is 1140 g/mol. The SMILES string of the molecule is CC/C=C\C/C=C\C/C=C\C/C=C\C/C=C\CCCCCCCCCCCCCCCCCCCCCCCCCCCC(=O)OC(COC(=O)CCCCCCCCCCCCCCCCC)COC(OCC[N+](C)(C)C)C(=O)O. The first-order valence-corrected chi connectivity index (χ1v) is 34.5. The van der Waals surface area contributed by atoms with Crippen LogP contribution in [0.4, 0.5) is 0 Å². The summed E-state index contributed by atoms with van der Waals surface area (Å²) in [4.78, 5) is 37.5. The topological polar surface area (TPSA) is 108 Å². The fourth-order valence-corrected chi connectivity index (χ4v) is 10.0. The molecule has 0 fully saturated rings. The number of carbonyl (C=O) groups excluding carboxylic acids is 2. The largest absolute Gasteiger partial charge is 0.477 e. The van der Waals surface area contributed by atoms with E-state index in [1.807, 2.05) is 21.1 Å². The lowest BCUT2D eigenvalue weighted by Gasteiger charge is -2.25. The number of hydrogen-bond acceptors (Lipinski definition) is 7. The van der Waals surface area contributed by atoms with E-state index in [1.165, 1.54) is 225 Å². The Morgan fingerprint density at radius 1 is 0.383 bits per heavy atom. The molecule has 81 heavy (non-hydrogen) atoms. The third-order valence-electron chi connectivity index (χ3n) is 15.3. The van der Waals surface area contributed by atoms with Crippen LogP contribution < -0.4 is 0 Å². The first-order valence-electron chi connectivity index (χ1n) is 34.5. The Morgan fingerprint density at radius 3 is 1.05 bits per heavy atom. The van der Waals surface area contributed by atoms with Crippen molar-refractivity contribution < 1.29 is 42.9 Å².